The minimum atomic E-state index is -3.98. The number of carbonyl (C=O) groups is 2. The molecule has 5 rings (SSSR count). The number of sulfonamides is 2. The van der Waals surface area contributed by atoms with Gasteiger partial charge in [0.2, 0.25) is 0 Å². The predicted octanol–water partition coefficient (Wildman–Crippen LogP) is 4.13. The number of rotatable bonds is 8. The van der Waals surface area contributed by atoms with Crippen LogP contribution in [-0.4, -0.2) is 34.2 Å². The number of amides is 1. The maximum atomic E-state index is 13.0. The molecule has 1 aliphatic carbocycles. The number of ketones is 1. The first-order chi connectivity index (χ1) is 18.1. The zero-order valence-electron chi connectivity index (χ0n) is 19.2. The van der Waals surface area contributed by atoms with Gasteiger partial charge in [-0.1, -0.05) is 36.4 Å². The molecular formula is C24H18N4O6S4. The van der Waals surface area contributed by atoms with Gasteiger partial charge in [0, 0.05) is 16.7 Å². The molecule has 38 heavy (non-hydrogen) atoms. The molecular weight excluding hydrogens is 569 g/mol. The molecule has 0 saturated carbocycles. The molecule has 0 spiro atoms. The van der Waals surface area contributed by atoms with Crippen molar-refractivity contribution < 1.29 is 26.4 Å². The van der Waals surface area contributed by atoms with Crippen molar-refractivity contribution in [2.45, 2.75) is 14.8 Å². The number of nitrogens with one attached hydrogen (secondary N) is 3. The van der Waals surface area contributed by atoms with E-state index in [9.17, 15) is 26.4 Å². The molecule has 0 atom stereocenters. The Morgan fingerprint density at radius 1 is 0.763 bits per heavy atom. The number of Topliss-reactive ketones (excluding diaryl/α,β-unsaturated/α-hetero) is 1. The van der Waals surface area contributed by atoms with E-state index < -0.39 is 26.0 Å². The van der Waals surface area contributed by atoms with Crippen LogP contribution in [0.15, 0.2) is 91.0 Å². The fourth-order valence-corrected chi connectivity index (χ4v) is 7.79. The van der Waals surface area contributed by atoms with Crippen LogP contribution in [0.25, 0.3) is 0 Å². The number of fused-ring (bicyclic) bond motifs is 1. The van der Waals surface area contributed by atoms with E-state index in [1.165, 1.54) is 30.3 Å². The van der Waals surface area contributed by atoms with Crippen LogP contribution < -0.4 is 14.9 Å². The van der Waals surface area contributed by atoms with Crippen molar-refractivity contribution in [3.63, 3.8) is 0 Å². The molecule has 4 aromatic rings. The first-order valence-electron chi connectivity index (χ1n) is 10.9. The second kappa shape index (κ2) is 10.1. The average Bonchev–Trinajstić information content (AvgIpc) is 3.64. The lowest BCUT2D eigenvalue weighted by Crippen LogP contribution is -2.21. The Morgan fingerprint density at radius 2 is 1.32 bits per heavy atom. The standard InChI is InChI=1S/C24H18N4O6S4/c29-21-14-20(18-5-1-2-6-19(18)21)25-26-24(30)15-11-16(27-37(31,32)22-7-3-9-35-22)13-17(12-15)28-38(33,34)23-8-4-10-36-23/h1-13,27-28H,14H2,(H,26,30). The second-order valence-electron chi connectivity index (χ2n) is 8.02. The number of thiophene rings is 2. The molecule has 3 N–H and O–H groups in total. The number of anilines is 2. The average molecular weight is 587 g/mol. The normalized spacial score (nSPS) is 14.3. The summed E-state index contributed by atoms with van der Waals surface area (Å²) in [7, 11) is -7.97. The summed E-state index contributed by atoms with van der Waals surface area (Å²) in [6.07, 6.45) is 0.0200. The topological polar surface area (TPSA) is 151 Å². The molecule has 0 aliphatic heterocycles. The van der Waals surface area contributed by atoms with Crippen LogP contribution in [-0.2, 0) is 20.0 Å². The Labute approximate surface area is 226 Å². The Hall–Kier alpha value is -3.85. The minimum Gasteiger partial charge on any atom is -0.294 e. The van der Waals surface area contributed by atoms with Gasteiger partial charge in [-0.15, -0.1) is 22.7 Å². The third kappa shape index (κ3) is 5.38. The van der Waals surface area contributed by atoms with E-state index in [1.54, 1.807) is 47.2 Å². The van der Waals surface area contributed by atoms with Gasteiger partial charge in [0.1, 0.15) is 8.42 Å². The van der Waals surface area contributed by atoms with Crippen molar-refractivity contribution >= 4 is 71.5 Å². The highest BCUT2D eigenvalue weighted by Gasteiger charge is 2.25. The summed E-state index contributed by atoms with van der Waals surface area (Å²) in [5, 5.41) is 7.31. The minimum absolute atomic E-state index is 0.0200. The molecule has 2 heterocycles. The fraction of sp³-hybridized carbons (Fsp3) is 0.0417. The molecule has 0 radical (unpaired) electrons. The predicted molar refractivity (Wildman–Crippen MR) is 146 cm³/mol. The third-order valence-electron chi connectivity index (χ3n) is 5.38. The van der Waals surface area contributed by atoms with E-state index in [4.69, 9.17) is 0 Å². The van der Waals surface area contributed by atoms with Gasteiger partial charge in [0.15, 0.2) is 5.78 Å². The van der Waals surface area contributed by atoms with Crippen LogP contribution in [0.4, 0.5) is 11.4 Å². The Bertz CT molecular complexity index is 1690. The molecule has 0 fully saturated rings. The number of carbonyl (C=O) groups excluding carboxylic acids is 2. The maximum Gasteiger partial charge on any atom is 0.271 e. The van der Waals surface area contributed by atoms with E-state index in [2.05, 4.69) is 20.0 Å². The van der Waals surface area contributed by atoms with Crippen molar-refractivity contribution in [1.82, 2.24) is 5.43 Å². The summed E-state index contributed by atoms with van der Waals surface area (Å²) in [5.41, 5.74) is 3.74. The third-order valence-corrected chi connectivity index (χ3v) is 10.9. The molecule has 10 nitrogen and oxygen atoms in total. The van der Waals surface area contributed by atoms with Gasteiger partial charge in [-0.3, -0.25) is 19.0 Å². The second-order valence-corrected chi connectivity index (χ2v) is 13.7. The molecule has 1 amide bonds. The molecule has 2 aromatic carbocycles. The monoisotopic (exact) mass is 586 g/mol. The van der Waals surface area contributed by atoms with Crippen LogP contribution in [0.1, 0.15) is 32.7 Å². The zero-order chi connectivity index (χ0) is 26.9. The molecule has 194 valence electrons. The van der Waals surface area contributed by atoms with Crippen LogP contribution >= 0.6 is 22.7 Å². The van der Waals surface area contributed by atoms with E-state index in [-0.39, 0.29) is 37.6 Å². The Kier molecular flexibility index (Phi) is 6.88. The summed E-state index contributed by atoms with van der Waals surface area (Å²) >= 11 is 2.01. The van der Waals surface area contributed by atoms with E-state index in [1.807, 2.05) is 0 Å². The van der Waals surface area contributed by atoms with E-state index in [0.29, 0.717) is 16.8 Å². The molecule has 1 aliphatic rings. The number of benzene rings is 2. The van der Waals surface area contributed by atoms with Crippen LogP contribution in [0.3, 0.4) is 0 Å². The Morgan fingerprint density at radius 3 is 1.84 bits per heavy atom. The van der Waals surface area contributed by atoms with Crippen molar-refractivity contribution in [3.05, 3.63) is 94.2 Å². The van der Waals surface area contributed by atoms with Crippen molar-refractivity contribution in [3.8, 4) is 0 Å². The SMILES string of the molecule is O=C(NN=C1CC(=O)c2ccccc21)c1cc(NS(=O)(=O)c2cccs2)cc(NS(=O)(=O)c2cccs2)c1. The van der Waals surface area contributed by atoms with E-state index >= 15 is 0 Å². The van der Waals surface area contributed by atoms with E-state index in [0.717, 1.165) is 22.7 Å². The van der Waals surface area contributed by atoms with Gasteiger partial charge in [0.05, 0.1) is 23.5 Å². The molecule has 0 unspecified atom stereocenters. The quantitative estimate of drug-likeness (QED) is 0.264. The molecule has 2 aromatic heterocycles. The highest BCUT2D eigenvalue weighted by molar-refractivity contribution is 7.95. The summed E-state index contributed by atoms with van der Waals surface area (Å²) in [6, 6.07) is 16.7. The van der Waals surface area contributed by atoms with Crippen LogP contribution in [0, 0.1) is 0 Å². The van der Waals surface area contributed by atoms with Gasteiger partial charge >= 0.3 is 0 Å². The van der Waals surface area contributed by atoms with Crippen molar-refractivity contribution in [2.75, 3.05) is 9.44 Å². The summed E-state index contributed by atoms with van der Waals surface area (Å²) in [6.45, 7) is 0. The lowest BCUT2D eigenvalue weighted by atomic mass is 10.1. The smallest absolute Gasteiger partial charge is 0.271 e. The number of nitrogens with zero attached hydrogens (tertiary/aromatic N) is 1. The van der Waals surface area contributed by atoms with Crippen LogP contribution in [0.2, 0.25) is 0 Å². The first kappa shape index (κ1) is 25.8. The number of hydrogen-bond acceptors (Lipinski definition) is 9. The van der Waals surface area contributed by atoms with Gasteiger partial charge in [-0.2, -0.15) is 5.10 Å². The first-order valence-corrected chi connectivity index (χ1v) is 15.6. The zero-order valence-corrected chi connectivity index (χ0v) is 22.5. The summed E-state index contributed by atoms with van der Waals surface area (Å²) in [4.78, 5) is 25.3. The van der Waals surface area contributed by atoms with Gasteiger partial charge in [-0.05, 0) is 41.1 Å². The highest BCUT2D eigenvalue weighted by Crippen LogP contribution is 2.27. The van der Waals surface area contributed by atoms with Crippen molar-refractivity contribution in [1.29, 1.82) is 0 Å². The number of hydrogen-bond donors (Lipinski definition) is 3. The lowest BCUT2D eigenvalue weighted by molar-refractivity contribution is 0.0952. The maximum absolute atomic E-state index is 13.0. The van der Waals surface area contributed by atoms with Crippen LogP contribution in [0.5, 0.6) is 0 Å². The highest BCUT2D eigenvalue weighted by atomic mass is 32.3. The summed E-state index contributed by atoms with van der Waals surface area (Å²) in [5.74, 6) is -0.855. The van der Waals surface area contributed by atoms with Gasteiger partial charge < -0.3 is 0 Å². The fourth-order valence-electron chi connectivity index (χ4n) is 3.72. The Balaban J connectivity index is 1.47. The van der Waals surface area contributed by atoms with Crippen molar-refractivity contribution in [2.24, 2.45) is 5.10 Å². The molecule has 14 heteroatoms. The summed E-state index contributed by atoms with van der Waals surface area (Å²) < 4.78 is 56.0. The molecule has 0 bridgehead atoms. The van der Waals surface area contributed by atoms with Gasteiger partial charge in [0.25, 0.3) is 26.0 Å². The van der Waals surface area contributed by atoms with Gasteiger partial charge in [-0.25, -0.2) is 22.3 Å². The largest absolute Gasteiger partial charge is 0.294 e. The number of hydrazone groups is 1. The molecule has 0 saturated heterocycles. The lowest BCUT2D eigenvalue weighted by Gasteiger charge is -2.13.